The van der Waals surface area contributed by atoms with Gasteiger partial charge in [0.05, 0.1) is 12.1 Å². The van der Waals surface area contributed by atoms with Gasteiger partial charge in [0.1, 0.15) is 5.75 Å². The van der Waals surface area contributed by atoms with Crippen LogP contribution in [-0.2, 0) is 16.1 Å². The van der Waals surface area contributed by atoms with Gasteiger partial charge in [0, 0.05) is 6.54 Å². The van der Waals surface area contributed by atoms with Gasteiger partial charge in [0.2, 0.25) is 0 Å². The third kappa shape index (κ3) is 3.91. The first-order chi connectivity index (χ1) is 8.08. The molecule has 0 saturated carbocycles. The highest BCUT2D eigenvalue weighted by Gasteiger charge is 2.16. The van der Waals surface area contributed by atoms with E-state index < -0.39 is 12.1 Å². The van der Waals surface area contributed by atoms with Crippen molar-refractivity contribution in [2.75, 3.05) is 14.2 Å². The maximum atomic E-state index is 11.2. The molecule has 0 aliphatic heterocycles. The minimum absolute atomic E-state index is 0.430. The standard InChI is InChI=1S/C12H16ClNO3/c1-8(12(15)16-3)17-11-5-4-9(7-14-2)6-10(11)13/h4-6,8,14H,7H2,1-3H3. The summed E-state index contributed by atoms with van der Waals surface area (Å²) in [6, 6.07) is 5.44. The summed E-state index contributed by atoms with van der Waals surface area (Å²) in [5.74, 6) is 0.0461. The van der Waals surface area contributed by atoms with Gasteiger partial charge in [-0.3, -0.25) is 0 Å². The molecule has 1 N–H and O–H groups in total. The first-order valence-electron chi connectivity index (χ1n) is 5.26. The first-order valence-corrected chi connectivity index (χ1v) is 5.63. The maximum absolute atomic E-state index is 11.2. The number of carbonyl (C=O) groups excluding carboxylic acids is 1. The third-order valence-electron chi connectivity index (χ3n) is 2.21. The molecule has 0 heterocycles. The van der Waals surface area contributed by atoms with Crippen molar-refractivity contribution in [2.24, 2.45) is 0 Å². The number of nitrogens with one attached hydrogen (secondary N) is 1. The van der Waals surface area contributed by atoms with Crippen molar-refractivity contribution in [1.82, 2.24) is 5.32 Å². The van der Waals surface area contributed by atoms with E-state index in [-0.39, 0.29) is 0 Å². The molecule has 0 radical (unpaired) electrons. The zero-order valence-corrected chi connectivity index (χ0v) is 10.9. The minimum Gasteiger partial charge on any atom is -0.477 e. The molecule has 0 spiro atoms. The molecule has 0 aliphatic carbocycles. The maximum Gasteiger partial charge on any atom is 0.346 e. The molecule has 1 unspecified atom stereocenters. The van der Waals surface area contributed by atoms with E-state index in [4.69, 9.17) is 16.3 Å². The van der Waals surface area contributed by atoms with Gasteiger partial charge in [-0.1, -0.05) is 17.7 Å². The number of esters is 1. The molecule has 5 heteroatoms. The molecule has 1 atom stereocenters. The number of benzene rings is 1. The minimum atomic E-state index is -0.673. The van der Waals surface area contributed by atoms with Gasteiger partial charge >= 0.3 is 5.97 Å². The van der Waals surface area contributed by atoms with Gasteiger partial charge < -0.3 is 14.8 Å². The normalized spacial score (nSPS) is 12.0. The fourth-order valence-corrected chi connectivity index (χ4v) is 1.61. The van der Waals surface area contributed by atoms with Crippen LogP contribution in [0.25, 0.3) is 0 Å². The lowest BCUT2D eigenvalue weighted by molar-refractivity contribution is -0.147. The Balaban J connectivity index is 2.75. The molecule has 0 aromatic heterocycles. The number of ether oxygens (including phenoxy) is 2. The van der Waals surface area contributed by atoms with E-state index in [1.165, 1.54) is 7.11 Å². The summed E-state index contributed by atoms with van der Waals surface area (Å²) >= 11 is 6.05. The highest BCUT2D eigenvalue weighted by molar-refractivity contribution is 6.32. The van der Waals surface area contributed by atoms with Crippen molar-refractivity contribution in [2.45, 2.75) is 19.6 Å². The zero-order chi connectivity index (χ0) is 12.8. The van der Waals surface area contributed by atoms with Crippen LogP contribution in [0, 0.1) is 0 Å². The lowest BCUT2D eigenvalue weighted by atomic mass is 10.2. The van der Waals surface area contributed by atoms with Crippen molar-refractivity contribution >= 4 is 17.6 Å². The quantitative estimate of drug-likeness (QED) is 0.820. The molecule has 1 aromatic rings. The molecule has 0 amide bonds. The summed E-state index contributed by atoms with van der Waals surface area (Å²) in [5, 5.41) is 3.51. The Kier molecular flexibility index (Phi) is 5.25. The Bertz CT molecular complexity index is 395. The van der Waals surface area contributed by atoms with Gasteiger partial charge in [-0.05, 0) is 31.7 Å². The third-order valence-corrected chi connectivity index (χ3v) is 2.51. The molecule has 4 nitrogen and oxygen atoms in total. The lowest BCUT2D eigenvalue weighted by Crippen LogP contribution is -2.25. The molecule has 0 fully saturated rings. The van der Waals surface area contributed by atoms with Crippen LogP contribution in [0.3, 0.4) is 0 Å². The summed E-state index contributed by atoms with van der Waals surface area (Å²) in [7, 11) is 3.18. The summed E-state index contributed by atoms with van der Waals surface area (Å²) in [5.41, 5.74) is 1.05. The van der Waals surface area contributed by atoms with Crippen molar-refractivity contribution in [3.8, 4) is 5.75 Å². The van der Waals surface area contributed by atoms with E-state index in [9.17, 15) is 4.79 Å². The van der Waals surface area contributed by atoms with Crippen LogP contribution in [0.2, 0.25) is 5.02 Å². The summed E-state index contributed by atoms with van der Waals surface area (Å²) in [4.78, 5) is 11.2. The molecular formula is C12H16ClNO3. The number of halogens is 1. The second kappa shape index (κ2) is 6.47. The van der Waals surface area contributed by atoms with Crippen LogP contribution < -0.4 is 10.1 Å². The topological polar surface area (TPSA) is 47.6 Å². The van der Waals surface area contributed by atoms with Gasteiger partial charge in [0.15, 0.2) is 6.10 Å². The highest BCUT2D eigenvalue weighted by atomic mass is 35.5. The van der Waals surface area contributed by atoms with Crippen molar-refractivity contribution in [3.05, 3.63) is 28.8 Å². The largest absolute Gasteiger partial charge is 0.477 e. The molecule has 17 heavy (non-hydrogen) atoms. The summed E-state index contributed by atoms with van der Waals surface area (Å²) in [6.45, 7) is 2.34. The average molecular weight is 258 g/mol. The summed E-state index contributed by atoms with van der Waals surface area (Å²) < 4.78 is 9.97. The Morgan fingerprint density at radius 3 is 2.76 bits per heavy atom. The van der Waals surface area contributed by atoms with E-state index in [1.54, 1.807) is 19.1 Å². The molecule has 0 aliphatic rings. The molecular weight excluding hydrogens is 242 g/mol. The van der Waals surface area contributed by atoms with E-state index in [0.29, 0.717) is 10.8 Å². The van der Waals surface area contributed by atoms with Crippen molar-refractivity contribution < 1.29 is 14.3 Å². The summed E-state index contributed by atoms with van der Waals surface area (Å²) in [6.07, 6.45) is -0.673. The second-order valence-electron chi connectivity index (χ2n) is 3.58. The predicted molar refractivity (Wildman–Crippen MR) is 66.3 cm³/mol. The molecule has 0 bridgehead atoms. The number of carbonyl (C=O) groups is 1. The van der Waals surface area contributed by atoms with Crippen LogP contribution in [0.15, 0.2) is 18.2 Å². The zero-order valence-electron chi connectivity index (χ0n) is 10.1. The average Bonchev–Trinajstić information content (AvgIpc) is 2.31. The molecule has 94 valence electrons. The van der Waals surface area contributed by atoms with Gasteiger partial charge in [-0.25, -0.2) is 4.79 Å². The highest BCUT2D eigenvalue weighted by Crippen LogP contribution is 2.26. The predicted octanol–water partition coefficient (Wildman–Crippen LogP) is 2.00. The number of hydrogen-bond donors (Lipinski definition) is 1. The van der Waals surface area contributed by atoms with Gasteiger partial charge in [-0.15, -0.1) is 0 Å². The fourth-order valence-electron chi connectivity index (χ4n) is 1.36. The Morgan fingerprint density at radius 1 is 1.53 bits per heavy atom. The number of rotatable bonds is 5. The Morgan fingerprint density at radius 2 is 2.24 bits per heavy atom. The second-order valence-corrected chi connectivity index (χ2v) is 3.99. The van der Waals surface area contributed by atoms with Crippen LogP contribution >= 0.6 is 11.6 Å². The van der Waals surface area contributed by atoms with Crippen LogP contribution in [0.5, 0.6) is 5.75 Å². The number of methoxy groups -OCH3 is 1. The molecule has 0 saturated heterocycles. The van der Waals surface area contributed by atoms with E-state index in [0.717, 1.165) is 12.1 Å². The number of hydrogen-bond acceptors (Lipinski definition) is 4. The van der Waals surface area contributed by atoms with Crippen LogP contribution in [0.4, 0.5) is 0 Å². The van der Waals surface area contributed by atoms with Crippen LogP contribution in [-0.4, -0.2) is 26.2 Å². The Hall–Kier alpha value is -1.26. The molecule has 1 aromatic carbocycles. The smallest absolute Gasteiger partial charge is 0.346 e. The first kappa shape index (κ1) is 13.8. The lowest BCUT2D eigenvalue weighted by Gasteiger charge is -2.14. The Labute approximate surface area is 106 Å². The monoisotopic (exact) mass is 257 g/mol. The van der Waals surface area contributed by atoms with Gasteiger partial charge in [0.25, 0.3) is 0 Å². The molecule has 1 rings (SSSR count). The van der Waals surface area contributed by atoms with Crippen LogP contribution in [0.1, 0.15) is 12.5 Å². The van der Waals surface area contributed by atoms with Crippen molar-refractivity contribution in [1.29, 1.82) is 0 Å². The van der Waals surface area contributed by atoms with Gasteiger partial charge in [-0.2, -0.15) is 0 Å². The van der Waals surface area contributed by atoms with Crippen molar-refractivity contribution in [3.63, 3.8) is 0 Å². The van der Waals surface area contributed by atoms with E-state index >= 15 is 0 Å². The SMILES string of the molecule is CNCc1ccc(OC(C)C(=O)OC)c(Cl)c1. The van der Waals surface area contributed by atoms with E-state index in [2.05, 4.69) is 10.1 Å². The van der Waals surface area contributed by atoms with E-state index in [1.807, 2.05) is 13.1 Å². The fraction of sp³-hybridized carbons (Fsp3) is 0.417.